The minimum atomic E-state index is -0.481. The maximum atomic E-state index is 13.5. The normalized spacial score (nSPS) is 11.3. The van der Waals surface area contributed by atoms with Gasteiger partial charge >= 0.3 is 0 Å². The van der Waals surface area contributed by atoms with Gasteiger partial charge in [-0.1, -0.05) is 30.3 Å². The van der Waals surface area contributed by atoms with Crippen molar-refractivity contribution in [3.05, 3.63) is 83.2 Å². The highest BCUT2D eigenvalue weighted by Gasteiger charge is 2.16. The van der Waals surface area contributed by atoms with Gasteiger partial charge in [0, 0.05) is 24.7 Å². The zero-order chi connectivity index (χ0) is 25.2. The third-order valence-electron chi connectivity index (χ3n) is 5.25. The average Bonchev–Trinajstić information content (AvgIpc) is 2.86. The van der Waals surface area contributed by atoms with E-state index >= 15 is 0 Å². The van der Waals surface area contributed by atoms with Crippen LogP contribution < -0.4 is 21.7 Å². The molecule has 0 aliphatic heterocycles. The van der Waals surface area contributed by atoms with Crippen molar-refractivity contribution in [2.45, 2.75) is 19.4 Å². The largest absolute Gasteiger partial charge is 0.369 e. The molecular formula is C26H27FN6O2. The summed E-state index contributed by atoms with van der Waals surface area (Å²) in [5.74, 6) is -0.791. The SMILES string of the molecule is C[C@H](CNC(=O)c1ccc(-c2ccccc2C#N)nc1NCCc1cccc(F)c1)NCC(N)=O. The van der Waals surface area contributed by atoms with E-state index in [4.69, 9.17) is 5.73 Å². The Morgan fingerprint density at radius 3 is 2.69 bits per heavy atom. The number of pyridine rings is 1. The van der Waals surface area contributed by atoms with Crippen LogP contribution in [0.3, 0.4) is 0 Å². The number of nitrogens with two attached hydrogens (primary N) is 1. The van der Waals surface area contributed by atoms with Gasteiger partial charge in [0.25, 0.3) is 5.91 Å². The van der Waals surface area contributed by atoms with Crippen molar-refractivity contribution in [2.24, 2.45) is 5.73 Å². The molecule has 0 saturated heterocycles. The van der Waals surface area contributed by atoms with Crippen LogP contribution in [0.25, 0.3) is 11.3 Å². The molecule has 0 radical (unpaired) electrons. The molecule has 2 amide bonds. The van der Waals surface area contributed by atoms with Gasteiger partial charge in [-0.15, -0.1) is 0 Å². The lowest BCUT2D eigenvalue weighted by molar-refractivity contribution is -0.117. The lowest BCUT2D eigenvalue weighted by Gasteiger charge is -2.16. The fraction of sp³-hybridized carbons (Fsp3) is 0.231. The molecule has 0 aliphatic carbocycles. The molecule has 1 heterocycles. The number of primary amides is 1. The summed E-state index contributed by atoms with van der Waals surface area (Å²) >= 11 is 0. The summed E-state index contributed by atoms with van der Waals surface area (Å²) in [6, 6.07) is 18.7. The number of halogens is 1. The van der Waals surface area contributed by atoms with E-state index in [1.165, 1.54) is 12.1 Å². The van der Waals surface area contributed by atoms with Gasteiger partial charge in [0.05, 0.1) is 29.4 Å². The van der Waals surface area contributed by atoms with Crippen LogP contribution in [0, 0.1) is 17.1 Å². The summed E-state index contributed by atoms with van der Waals surface area (Å²) in [5, 5.41) is 18.4. The molecule has 3 rings (SSSR count). The molecule has 35 heavy (non-hydrogen) atoms. The van der Waals surface area contributed by atoms with Crippen molar-refractivity contribution in [3.63, 3.8) is 0 Å². The van der Waals surface area contributed by atoms with E-state index in [9.17, 15) is 19.2 Å². The van der Waals surface area contributed by atoms with E-state index in [2.05, 4.69) is 27.0 Å². The first kappa shape index (κ1) is 25.3. The summed E-state index contributed by atoms with van der Waals surface area (Å²) in [6.07, 6.45) is 0.521. The maximum Gasteiger partial charge on any atom is 0.255 e. The molecule has 2 aromatic carbocycles. The molecule has 1 atom stereocenters. The first-order valence-electron chi connectivity index (χ1n) is 11.2. The Balaban J connectivity index is 1.80. The smallest absolute Gasteiger partial charge is 0.255 e. The number of anilines is 1. The van der Waals surface area contributed by atoms with Gasteiger partial charge in [0.2, 0.25) is 5.91 Å². The number of nitrogens with zero attached hydrogens (tertiary/aromatic N) is 2. The molecule has 5 N–H and O–H groups in total. The highest BCUT2D eigenvalue weighted by molar-refractivity contribution is 5.99. The molecule has 0 saturated carbocycles. The van der Waals surface area contributed by atoms with Crippen LogP contribution in [0.15, 0.2) is 60.7 Å². The molecular weight excluding hydrogens is 447 g/mol. The summed E-state index contributed by atoms with van der Waals surface area (Å²) in [7, 11) is 0. The fourth-order valence-electron chi connectivity index (χ4n) is 3.44. The Labute approximate surface area is 203 Å². The van der Waals surface area contributed by atoms with Gasteiger partial charge in [-0.3, -0.25) is 9.59 Å². The number of hydrogen-bond acceptors (Lipinski definition) is 6. The summed E-state index contributed by atoms with van der Waals surface area (Å²) < 4.78 is 13.5. The fourth-order valence-corrected chi connectivity index (χ4v) is 3.44. The Morgan fingerprint density at radius 2 is 1.94 bits per heavy atom. The Bertz CT molecular complexity index is 1240. The minimum Gasteiger partial charge on any atom is -0.369 e. The number of hydrogen-bond donors (Lipinski definition) is 4. The standard InChI is InChI=1S/C26H27FN6O2/c1-17(31-16-24(29)34)15-32-26(35)22-9-10-23(21-8-3-2-6-19(21)14-28)33-25(22)30-12-11-18-5-4-7-20(27)13-18/h2-10,13,17,31H,11-12,15-16H2,1H3,(H2,29,34)(H,30,33)(H,32,35)/t17-/m1/s1. The second-order valence-electron chi connectivity index (χ2n) is 8.02. The monoisotopic (exact) mass is 474 g/mol. The Kier molecular flexibility index (Phi) is 8.87. The van der Waals surface area contributed by atoms with Gasteiger partial charge in [-0.25, -0.2) is 9.37 Å². The number of amides is 2. The van der Waals surface area contributed by atoms with Crippen molar-refractivity contribution >= 4 is 17.6 Å². The van der Waals surface area contributed by atoms with Crippen molar-refractivity contribution in [1.29, 1.82) is 5.26 Å². The van der Waals surface area contributed by atoms with Crippen LogP contribution in [0.5, 0.6) is 0 Å². The van der Waals surface area contributed by atoms with Crippen molar-refractivity contribution in [3.8, 4) is 17.3 Å². The molecule has 9 heteroatoms. The van der Waals surface area contributed by atoms with Crippen molar-refractivity contribution in [1.82, 2.24) is 15.6 Å². The van der Waals surface area contributed by atoms with Crippen LogP contribution >= 0.6 is 0 Å². The summed E-state index contributed by atoms with van der Waals surface area (Å²) in [4.78, 5) is 28.5. The number of nitrogens with one attached hydrogen (secondary N) is 3. The van der Waals surface area contributed by atoms with E-state index in [0.29, 0.717) is 41.2 Å². The Morgan fingerprint density at radius 1 is 1.14 bits per heavy atom. The molecule has 0 spiro atoms. The van der Waals surface area contributed by atoms with Crippen molar-refractivity contribution < 1.29 is 14.0 Å². The topological polar surface area (TPSA) is 133 Å². The lowest BCUT2D eigenvalue weighted by Crippen LogP contribution is -2.42. The second-order valence-corrected chi connectivity index (χ2v) is 8.02. The first-order valence-corrected chi connectivity index (χ1v) is 11.2. The van der Waals surface area contributed by atoms with Crippen LogP contribution in [0.2, 0.25) is 0 Å². The highest BCUT2D eigenvalue weighted by Crippen LogP contribution is 2.25. The zero-order valence-corrected chi connectivity index (χ0v) is 19.3. The van der Waals surface area contributed by atoms with E-state index < -0.39 is 5.91 Å². The molecule has 8 nitrogen and oxygen atoms in total. The van der Waals surface area contributed by atoms with E-state index in [1.54, 1.807) is 36.4 Å². The molecule has 3 aromatic rings. The van der Waals surface area contributed by atoms with Gasteiger partial charge in [-0.2, -0.15) is 5.26 Å². The maximum absolute atomic E-state index is 13.5. The van der Waals surface area contributed by atoms with E-state index in [1.807, 2.05) is 19.1 Å². The van der Waals surface area contributed by atoms with Gasteiger partial charge in [0.15, 0.2) is 0 Å². The van der Waals surface area contributed by atoms with Crippen LogP contribution in [0.1, 0.15) is 28.4 Å². The second kappa shape index (κ2) is 12.3. The number of aromatic nitrogens is 1. The molecule has 0 aliphatic rings. The summed E-state index contributed by atoms with van der Waals surface area (Å²) in [6.45, 7) is 2.52. The summed E-state index contributed by atoms with van der Waals surface area (Å²) in [5.41, 5.74) is 7.94. The number of nitriles is 1. The van der Waals surface area contributed by atoms with E-state index in [-0.39, 0.29) is 30.9 Å². The number of rotatable bonds is 11. The third-order valence-corrected chi connectivity index (χ3v) is 5.25. The zero-order valence-electron chi connectivity index (χ0n) is 19.3. The molecule has 1 aromatic heterocycles. The van der Waals surface area contributed by atoms with Crippen LogP contribution in [-0.4, -0.2) is 42.5 Å². The predicted molar refractivity (Wildman–Crippen MR) is 132 cm³/mol. The average molecular weight is 475 g/mol. The van der Waals surface area contributed by atoms with Crippen LogP contribution in [-0.2, 0) is 11.2 Å². The predicted octanol–water partition coefficient (Wildman–Crippen LogP) is 2.61. The van der Waals surface area contributed by atoms with Crippen molar-refractivity contribution in [2.75, 3.05) is 25.0 Å². The van der Waals surface area contributed by atoms with Gasteiger partial charge < -0.3 is 21.7 Å². The number of carbonyl (C=O) groups excluding carboxylic acids is 2. The molecule has 0 bridgehead atoms. The minimum absolute atomic E-state index is 0.0124. The van der Waals surface area contributed by atoms with Gasteiger partial charge in [-0.05, 0) is 49.2 Å². The first-order chi connectivity index (χ1) is 16.9. The Hall–Kier alpha value is -4.29. The molecule has 0 fully saturated rings. The molecule has 0 unspecified atom stereocenters. The van der Waals surface area contributed by atoms with Crippen LogP contribution in [0.4, 0.5) is 10.2 Å². The van der Waals surface area contributed by atoms with E-state index in [0.717, 1.165) is 5.56 Å². The number of carbonyl (C=O) groups is 2. The number of benzene rings is 2. The third kappa shape index (κ3) is 7.35. The highest BCUT2D eigenvalue weighted by atomic mass is 19.1. The molecule has 180 valence electrons. The van der Waals surface area contributed by atoms with Gasteiger partial charge in [0.1, 0.15) is 11.6 Å². The lowest BCUT2D eigenvalue weighted by atomic mass is 10.0. The quantitative estimate of drug-likeness (QED) is 0.338.